The zero-order valence-electron chi connectivity index (χ0n) is 16.7. The minimum absolute atomic E-state index is 0.509. The van der Waals surface area contributed by atoms with E-state index in [9.17, 15) is 0 Å². The molecule has 2 fully saturated rings. The predicted molar refractivity (Wildman–Crippen MR) is 103 cm³/mol. The van der Waals surface area contributed by atoms with Crippen molar-refractivity contribution in [1.29, 1.82) is 0 Å². The summed E-state index contributed by atoms with van der Waals surface area (Å²) < 4.78 is 10.9. The smallest absolute Gasteiger partial charge is 0.193 e. The van der Waals surface area contributed by atoms with E-state index in [1.807, 2.05) is 0 Å². The van der Waals surface area contributed by atoms with Crippen molar-refractivity contribution in [2.45, 2.75) is 39.7 Å². The summed E-state index contributed by atoms with van der Waals surface area (Å²) >= 11 is 0. The molecule has 1 N–H and O–H groups in total. The lowest BCUT2D eigenvalue weighted by atomic mass is 10.0. The summed E-state index contributed by atoms with van der Waals surface area (Å²) in [6.07, 6.45) is 2.38. The molecule has 2 atom stereocenters. The van der Waals surface area contributed by atoms with Crippen molar-refractivity contribution in [3.05, 3.63) is 0 Å². The molecule has 2 unspecified atom stereocenters. The van der Waals surface area contributed by atoms with Crippen LogP contribution in [0.5, 0.6) is 0 Å². The van der Waals surface area contributed by atoms with Crippen LogP contribution in [0.3, 0.4) is 0 Å². The first-order valence-corrected chi connectivity index (χ1v) is 9.98. The van der Waals surface area contributed by atoms with Crippen LogP contribution in [-0.4, -0.2) is 88.0 Å². The van der Waals surface area contributed by atoms with Crippen molar-refractivity contribution < 1.29 is 9.47 Å². The number of nitrogens with zero attached hydrogens (tertiary/aromatic N) is 3. The van der Waals surface area contributed by atoms with E-state index in [0.29, 0.717) is 17.9 Å². The monoisotopic (exact) mass is 354 g/mol. The van der Waals surface area contributed by atoms with E-state index in [2.05, 4.69) is 35.9 Å². The van der Waals surface area contributed by atoms with Crippen LogP contribution in [0.2, 0.25) is 0 Å². The van der Waals surface area contributed by atoms with Gasteiger partial charge in [-0.2, -0.15) is 0 Å². The zero-order valence-corrected chi connectivity index (χ0v) is 16.7. The Hall–Kier alpha value is -0.850. The second-order valence-corrected chi connectivity index (χ2v) is 7.68. The maximum absolute atomic E-state index is 5.53. The number of hydrogen-bond acceptors (Lipinski definition) is 4. The number of methoxy groups -OCH3 is 1. The van der Waals surface area contributed by atoms with Gasteiger partial charge in [-0.1, -0.05) is 13.8 Å². The topological polar surface area (TPSA) is 49.3 Å². The van der Waals surface area contributed by atoms with E-state index in [-0.39, 0.29) is 0 Å². The van der Waals surface area contributed by atoms with Gasteiger partial charge >= 0.3 is 0 Å². The third-order valence-corrected chi connectivity index (χ3v) is 5.08. The van der Waals surface area contributed by atoms with Crippen molar-refractivity contribution in [3.8, 4) is 0 Å². The zero-order chi connectivity index (χ0) is 18.1. The molecule has 146 valence electrons. The highest BCUT2D eigenvalue weighted by atomic mass is 16.5. The molecule has 2 heterocycles. The highest BCUT2D eigenvalue weighted by molar-refractivity contribution is 5.80. The fraction of sp³-hybridized carbons (Fsp3) is 0.947. The molecule has 0 aromatic rings. The standard InChI is InChI=1S/C19H38N4O2/c1-5-20-19(23-7-6-17(14-23)15-24-4)21-13-18(12-16(2)3)22-8-10-25-11-9-22/h16-18H,5-15H2,1-4H3,(H,20,21). The third kappa shape index (κ3) is 6.76. The van der Waals surface area contributed by atoms with E-state index in [0.717, 1.165) is 65.0 Å². The molecule has 2 rings (SSSR count). The Morgan fingerprint density at radius 1 is 1.28 bits per heavy atom. The number of hydrogen-bond donors (Lipinski definition) is 1. The highest BCUT2D eigenvalue weighted by Gasteiger charge is 2.26. The molecule has 0 bridgehead atoms. The summed E-state index contributed by atoms with van der Waals surface area (Å²) in [4.78, 5) is 9.99. The van der Waals surface area contributed by atoms with Crippen molar-refractivity contribution in [1.82, 2.24) is 15.1 Å². The predicted octanol–water partition coefficient (Wildman–Crippen LogP) is 1.67. The van der Waals surface area contributed by atoms with Gasteiger partial charge in [-0.15, -0.1) is 0 Å². The van der Waals surface area contributed by atoms with Gasteiger partial charge in [0.1, 0.15) is 0 Å². The number of aliphatic imine (C=N–C) groups is 1. The number of guanidine groups is 1. The number of ether oxygens (including phenoxy) is 2. The first-order valence-electron chi connectivity index (χ1n) is 9.98. The molecule has 0 amide bonds. The summed E-state index contributed by atoms with van der Waals surface area (Å²) in [7, 11) is 1.79. The summed E-state index contributed by atoms with van der Waals surface area (Å²) in [5, 5.41) is 3.49. The molecule has 2 saturated heterocycles. The lowest BCUT2D eigenvalue weighted by molar-refractivity contribution is 0.0142. The van der Waals surface area contributed by atoms with Gasteiger partial charge in [0.05, 0.1) is 26.4 Å². The molecule has 6 nitrogen and oxygen atoms in total. The van der Waals surface area contributed by atoms with E-state index in [4.69, 9.17) is 14.5 Å². The van der Waals surface area contributed by atoms with E-state index < -0.39 is 0 Å². The summed E-state index contributed by atoms with van der Waals surface area (Å²) in [6.45, 7) is 15.3. The van der Waals surface area contributed by atoms with Crippen LogP contribution in [0.1, 0.15) is 33.6 Å². The van der Waals surface area contributed by atoms with Crippen LogP contribution in [-0.2, 0) is 9.47 Å². The summed E-state index contributed by atoms with van der Waals surface area (Å²) in [5.41, 5.74) is 0. The molecular formula is C19H38N4O2. The third-order valence-electron chi connectivity index (χ3n) is 5.08. The lowest BCUT2D eigenvalue weighted by Crippen LogP contribution is -2.46. The Morgan fingerprint density at radius 3 is 2.68 bits per heavy atom. The van der Waals surface area contributed by atoms with Crippen molar-refractivity contribution in [3.63, 3.8) is 0 Å². The van der Waals surface area contributed by atoms with Gasteiger partial charge in [-0.05, 0) is 25.7 Å². The van der Waals surface area contributed by atoms with Crippen LogP contribution in [0.25, 0.3) is 0 Å². The van der Waals surface area contributed by atoms with Gasteiger partial charge in [0.15, 0.2) is 5.96 Å². The van der Waals surface area contributed by atoms with Crippen molar-refractivity contribution in [2.75, 3.05) is 66.2 Å². The fourth-order valence-corrected chi connectivity index (χ4v) is 3.84. The number of rotatable bonds is 8. The van der Waals surface area contributed by atoms with Crippen molar-refractivity contribution >= 4 is 5.96 Å². The van der Waals surface area contributed by atoms with Crippen LogP contribution in [0.15, 0.2) is 4.99 Å². The van der Waals surface area contributed by atoms with Gasteiger partial charge in [-0.25, -0.2) is 0 Å². The molecule has 25 heavy (non-hydrogen) atoms. The minimum atomic E-state index is 0.509. The van der Waals surface area contributed by atoms with Gasteiger partial charge in [0.2, 0.25) is 0 Å². The summed E-state index contributed by atoms with van der Waals surface area (Å²) in [6, 6.07) is 0.509. The van der Waals surface area contributed by atoms with Gasteiger partial charge < -0.3 is 19.7 Å². The van der Waals surface area contributed by atoms with Crippen LogP contribution >= 0.6 is 0 Å². The molecule has 6 heteroatoms. The Labute approximate surface area is 153 Å². The molecular weight excluding hydrogens is 316 g/mol. The second kappa shape index (κ2) is 11.0. The molecule has 0 spiro atoms. The normalized spacial score (nSPS) is 24.1. The molecule has 0 radical (unpaired) electrons. The van der Waals surface area contributed by atoms with E-state index in [1.165, 1.54) is 12.8 Å². The summed E-state index contributed by atoms with van der Waals surface area (Å²) in [5.74, 6) is 2.38. The first kappa shape index (κ1) is 20.5. The largest absolute Gasteiger partial charge is 0.384 e. The first-order chi connectivity index (χ1) is 12.1. The Balaban J connectivity index is 1.98. The second-order valence-electron chi connectivity index (χ2n) is 7.68. The molecule has 0 aromatic carbocycles. The van der Waals surface area contributed by atoms with Crippen LogP contribution < -0.4 is 5.32 Å². The quantitative estimate of drug-likeness (QED) is 0.531. The highest BCUT2D eigenvalue weighted by Crippen LogP contribution is 2.18. The van der Waals surface area contributed by atoms with Gasteiger partial charge in [0, 0.05) is 51.8 Å². The maximum Gasteiger partial charge on any atom is 0.193 e. The molecule has 0 aromatic heterocycles. The Bertz CT molecular complexity index is 397. The Morgan fingerprint density at radius 2 is 2.04 bits per heavy atom. The molecule has 2 aliphatic heterocycles. The SMILES string of the molecule is CCNC(=NCC(CC(C)C)N1CCOCC1)N1CCC(COC)C1. The molecule has 0 saturated carbocycles. The van der Waals surface area contributed by atoms with Gasteiger partial charge in [0.25, 0.3) is 0 Å². The number of likely N-dealkylation sites (tertiary alicyclic amines) is 1. The van der Waals surface area contributed by atoms with Gasteiger partial charge in [-0.3, -0.25) is 9.89 Å². The van der Waals surface area contributed by atoms with E-state index >= 15 is 0 Å². The fourth-order valence-electron chi connectivity index (χ4n) is 3.84. The van der Waals surface area contributed by atoms with E-state index in [1.54, 1.807) is 7.11 Å². The maximum atomic E-state index is 5.53. The van der Waals surface area contributed by atoms with Crippen LogP contribution in [0.4, 0.5) is 0 Å². The van der Waals surface area contributed by atoms with Crippen molar-refractivity contribution in [2.24, 2.45) is 16.8 Å². The minimum Gasteiger partial charge on any atom is -0.384 e. The molecule has 2 aliphatic rings. The number of morpholine rings is 1. The lowest BCUT2D eigenvalue weighted by Gasteiger charge is -2.35. The average molecular weight is 355 g/mol. The van der Waals surface area contributed by atoms with Crippen LogP contribution in [0, 0.1) is 11.8 Å². The Kier molecular flexibility index (Phi) is 8.99. The number of nitrogens with one attached hydrogen (secondary N) is 1. The average Bonchev–Trinajstić information content (AvgIpc) is 3.06. The molecule has 0 aliphatic carbocycles.